The first-order valence-corrected chi connectivity index (χ1v) is 8.07. The molecule has 1 atom stereocenters. The summed E-state index contributed by atoms with van der Waals surface area (Å²) in [5.41, 5.74) is 0.834. The van der Waals surface area contributed by atoms with Crippen LogP contribution in [0, 0.1) is 5.92 Å². The molecule has 1 saturated heterocycles. The summed E-state index contributed by atoms with van der Waals surface area (Å²) in [6.07, 6.45) is 2.92. The molecule has 2 heterocycles. The Kier molecular flexibility index (Phi) is 4.72. The van der Waals surface area contributed by atoms with Crippen molar-refractivity contribution in [1.82, 2.24) is 14.5 Å². The lowest BCUT2D eigenvalue weighted by molar-refractivity contribution is 0.0695. The van der Waals surface area contributed by atoms with E-state index in [1.807, 2.05) is 11.8 Å². The smallest absolute Gasteiger partial charge is 0.267 e. The van der Waals surface area contributed by atoms with Crippen LogP contribution >= 0.6 is 27.5 Å². The molecule has 18 heavy (non-hydrogen) atoms. The molecule has 0 aromatic carbocycles. The second-order valence-electron chi connectivity index (χ2n) is 4.71. The van der Waals surface area contributed by atoms with Gasteiger partial charge in [-0.3, -0.25) is 4.79 Å². The molecule has 1 fully saturated rings. The number of hydrogen-bond donors (Lipinski definition) is 0. The van der Waals surface area contributed by atoms with Crippen LogP contribution in [0.4, 0.5) is 0 Å². The highest BCUT2D eigenvalue weighted by Crippen LogP contribution is 2.26. The highest BCUT2D eigenvalue weighted by atomic mass is 79.9. The molecular formula is C12H18BrN3OS. The van der Waals surface area contributed by atoms with Crippen molar-refractivity contribution in [1.29, 1.82) is 0 Å². The van der Waals surface area contributed by atoms with Gasteiger partial charge < -0.3 is 4.90 Å². The number of likely N-dealkylation sites (tertiary alicyclic amines) is 1. The van der Waals surface area contributed by atoms with Crippen molar-refractivity contribution in [3.63, 3.8) is 0 Å². The molecule has 100 valence electrons. The average Bonchev–Trinajstić information content (AvgIpc) is 2.86. The van der Waals surface area contributed by atoms with E-state index >= 15 is 0 Å². The Morgan fingerprint density at radius 2 is 2.22 bits per heavy atom. The van der Waals surface area contributed by atoms with Gasteiger partial charge in [0.25, 0.3) is 5.91 Å². The molecule has 0 radical (unpaired) electrons. The topological polar surface area (TPSA) is 46.1 Å². The van der Waals surface area contributed by atoms with Crippen LogP contribution in [0.5, 0.6) is 0 Å². The lowest BCUT2D eigenvalue weighted by atomic mass is 9.94. The highest BCUT2D eigenvalue weighted by Gasteiger charge is 2.27. The number of amides is 1. The highest BCUT2D eigenvalue weighted by molar-refractivity contribution is 9.09. The largest absolute Gasteiger partial charge is 0.338 e. The van der Waals surface area contributed by atoms with Crippen LogP contribution in [-0.4, -0.2) is 38.3 Å². The van der Waals surface area contributed by atoms with Crippen LogP contribution in [0.3, 0.4) is 0 Å². The van der Waals surface area contributed by atoms with E-state index in [4.69, 9.17) is 0 Å². The standard InChI is InChI=1S/C12H18BrN3OS/c1-3-10-11(18-15-14-10)12(17)16-6-4-9(5-7-16)8(2)13/h8-9H,3-7H2,1-2H3. The molecular weight excluding hydrogens is 314 g/mol. The van der Waals surface area contributed by atoms with Crippen molar-refractivity contribution in [2.45, 2.75) is 37.9 Å². The maximum atomic E-state index is 12.4. The van der Waals surface area contributed by atoms with Gasteiger partial charge >= 0.3 is 0 Å². The fourth-order valence-electron chi connectivity index (χ4n) is 2.31. The third-order valence-electron chi connectivity index (χ3n) is 3.56. The fraction of sp³-hybridized carbons (Fsp3) is 0.750. The van der Waals surface area contributed by atoms with Crippen LogP contribution < -0.4 is 0 Å². The first kappa shape index (κ1) is 13.9. The molecule has 1 aromatic rings. The maximum absolute atomic E-state index is 12.4. The first-order valence-electron chi connectivity index (χ1n) is 6.38. The van der Waals surface area contributed by atoms with Gasteiger partial charge in [-0.2, -0.15) is 0 Å². The minimum atomic E-state index is 0.113. The first-order chi connectivity index (χ1) is 8.63. The normalized spacial score (nSPS) is 18.9. The van der Waals surface area contributed by atoms with E-state index in [1.54, 1.807) is 0 Å². The molecule has 2 rings (SSSR count). The quantitative estimate of drug-likeness (QED) is 0.800. The molecule has 1 unspecified atom stereocenters. The van der Waals surface area contributed by atoms with E-state index in [-0.39, 0.29) is 5.91 Å². The number of piperidine rings is 1. The number of halogens is 1. The summed E-state index contributed by atoms with van der Waals surface area (Å²) in [7, 11) is 0. The summed E-state index contributed by atoms with van der Waals surface area (Å²) >= 11 is 4.85. The number of hydrogen-bond acceptors (Lipinski definition) is 4. The van der Waals surface area contributed by atoms with Crippen molar-refractivity contribution >= 4 is 33.4 Å². The lowest BCUT2D eigenvalue weighted by Gasteiger charge is -2.33. The van der Waals surface area contributed by atoms with E-state index in [0.29, 0.717) is 10.7 Å². The van der Waals surface area contributed by atoms with Crippen LogP contribution in [0.1, 0.15) is 42.1 Å². The molecule has 0 spiro atoms. The molecule has 0 saturated carbocycles. The number of nitrogens with zero attached hydrogens (tertiary/aromatic N) is 3. The Morgan fingerprint density at radius 1 is 1.56 bits per heavy atom. The number of aromatic nitrogens is 2. The number of rotatable bonds is 3. The van der Waals surface area contributed by atoms with Crippen LogP contribution in [0.25, 0.3) is 0 Å². The number of carbonyl (C=O) groups excluding carboxylic acids is 1. The molecule has 1 amide bonds. The van der Waals surface area contributed by atoms with Crippen molar-refractivity contribution < 1.29 is 4.79 Å². The predicted octanol–water partition coefficient (Wildman–Crippen LogP) is 2.74. The molecule has 0 aliphatic carbocycles. The summed E-state index contributed by atoms with van der Waals surface area (Å²) in [5, 5.41) is 4.01. The van der Waals surface area contributed by atoms with E-state index in [1.165, 1.54) is 11.5 Å². The van der Waals surface area contributed by atoms with Crippen molar-refractivity contribution in [2.24, 2.45) is 5.92 Å². The Hall–Kier alpha value is -0.490. The van der Waals surface area contributed by atoms with Gasteiger partial charge in [0.05, 0.1) is 5.69 Å². The van der Waals surface area contributed by atoms with E-state index < -0.39 is 0 Å². The van der Waals surface area contributed by atoms with E-state index in [0.717, 1.165) is 42.9 Å². The van der Waals surface area contributed by atoms with Gasteiger partial charge in [0, 0.05) is 17.9 Å². The Morgan fingerprint density at radius 3 is 2.78 bits per heavy atom. The zero-order chi connectivity index (χ0) is 13.1. The summed E-state index contributed by atoms with van der Waals surface area (Å²) in [6, 6.07) is 0. The monoisotopic (exact) mass is 331 g/mol. The second kappa shape index (κ2) is 6.10. The van der Waals surface area contributed by atoms with Crippen LogP contribution in [0.2, 0.25) is 0 Å². The minimum Gasteiger partial charge on any atom is -0.338 e. The maximum Gasteiger partial charge on any atom is 0.267 e. The van der Waals surface area contributed by atoms with E-state index in [9.17, 15) is 4.79 Å². The van der Waals surface area contributed by atoms with Gasteiger partial charge in [0.2, 0.25) is 0 Å². The Labute approximate surface area is 120 Å². The Bertz CT molecular complexity index is 413. The van der Waals surface area contributed by atoms with Crippen molar-refractivity contribution in [3.05, 3.63) is 10.6 Å². The van der Waals surface area contributed by atoms with Gasteiger partial charge in [-0.15, -0.1) is 5.10 Å². The van der Waals surface area contributed by atoms with Crippen molar-refractivity contribution in [2.75, 3.05) is 13.1 Å². The fourth-order valence-corrected chi connectivity index (χ4v) is 3.56. The van der Waals surface area contributed by atoms with Gasteiger partial charge in [0.15, 0.2) is 0 Å². The number of carbonyl (C=O) groups is 1. The third kappa shape index (κ3) is 2.91. The second-order valence-corrected chi connectivity index (χ2v) is 6.91. The molecule has 0 N–H and O–H groups in total. The zero-order valence-electron chi connectivity index (χ0n) is 10.7. The van der Waals surface area contributed by atoms with Gasteiger partial charge in [-0.05, 0) is 36.7 Å². The number of aryl methyl sites for hydroxylation is 1. The minimum absolute atomic E-state index is 0.113. The molecule has 1 aliphatic rings. The molecule has 6 heteroatoms. The molecule has 1 aromatic heterocycles. The molecule has 4 nitrogen and oxygen atoms in total. The third-order valence-corrected chi connectivity index (χ3v) is 5.07. The zero-order valence-corrected chi connectivity index (χ0v) is 13.1. The summed E-state index contributed by atoms with van der Waals surface area (Å²) in [5.74, 6) is 0.793. The van der Waals surface area contributed by atoms with E-state index in [2.05, 4.69) is 32.4 Å². The van der Waals surface area contributed by atoms with Crippen LogP contribution in [-0.2, 0) is 6.42 Å². The summed E-state index contributed by atoms with van der Waals surface area (Å²) in [4.78, 5) is 15.6. The average molecular weight is 332 g/mol. The van der Waals surface area contributed by atoms with Crippen LogP contribution in [0.15, 0.2) is 0 Å². The molecule has 1 aliphatic heterocycles. The Balaban J connectivity index is 2.00. The summed E-state index contributed by atoms with van der Waals surface area (Å²) < 4.78 is 3.89. The van der Waals surface area contributed by atoms with Gasteiger partial charge in [-0.1, -0.05) is 34.3 Å². The summed E-state index contributed by atoms with van der Waals surface area (Å²) in [6.45, 7) is 5.89. The molecule has 0 bridgehead atoms. The lowest BCUT2D eigenvalue weighted by Crippen LogP contribution is -2.40. The van der Waals surface area contributed by atoms with Crippen molar-refractivity contribution in [3.8, 4) is 0 Å². The SMILES string of the molecule is CCc1nnsc1C(=O)N1CCC(C(C)Br)CC1. The number of alkyl halides is 1. The predicted molar refractivity (Wildman–Crippen MR) is 76.3 cm³/mol. The van der Waals surface area contributed by atoms with Gasteiger partial charge in [0.1, 0.15) is 4.88 Å². The van der Waals surface area contributed by atoms with Gasteiger partial charge in [-0.25, -0.2) is 0 Å².